The Morgan fingerprint density at radius 1 is 1.17 bits per heavy atom. The minimum Gasteiger partial charge on any atom is -0.325 e. The van der Waals surface area contributed by atoms with Crippen molar-refractivity contribution in [3.63, 3.8) is 0 Å². The fourth-order valence-corrected chi connectivity index (χ4v) is 5.25. The Hall–Kier alpha value is -2.64. The number of aromatic nitrogens is 3. The lowest BCUT2D eigenvalue weighted by Gasteiger charge is -2.14. The molecule has 0 aliphatic heterocycles. The molecular formula is C23H24N4OS2. The Bertz CT molecular complexity index is 1210. The summed E-state index contributed by atoms with van der Waals surface area (Å²) in [6, 6.07) is 14.5. The fourth-order valence-electron chi connectivity index (χ4n) is 3.45. The maximum atomic E-state index is 12.5. The SMILES string of the molecule is Cc1ccc(NC(=O)CSc2nnc(-c3csc4ccccc34)n2C(C)C)c(C)c1. The summed E-state index contributed by atoms with van der Waals surface area (Å²) in [7, 11) is 0. The summed E-state index contributed by atoms with van der Waals surface area (Å²) >= 11 is 3.12. The van der Waals surface area contributed by atoms with E-state index in [4.69, 9.17) is 0 Å². The van der Waals surface area contributed by atoms with Gasteiger partial charge in [0.15, 0.2) is 11.0 Å². The number of fused-ring (bicyclic) bond motifs is 1. The maximum Gasteiger partial charge on any atom is 0.234 e. The molecule has 0 aliphatic carbocycles. The predicted molar refractivity (Wildman–Crippen MR) is 126 cm³/mol. The van der Waals surface area contributed by atoms with E-state index in [1.54, 1.807) is 11.3 Å². The molecule has 0 spiro atoms. The quantitative estimate of drug-likeness (QED) is 0.372. The first kappa shape index (κ1) is 20.6. The highest BCUT2D eigenvalue weighted by Gasteiger charge is 2.20. The van der Waals surface area contributed by atoms with Gasteiger partial charge in [-0.2, -0.15) is 0 Å². The van der Waals surface area contributed by atoms with Crippen molar-refractivity contribution >= 4 is 44.8 Å². The number of hydrogen-bond acceptors (Lipinski definition) is 5. The van der Waals surface area contributed by atoms with Crippen molar-refractivity contribution in [2.75, 3.05) is 11.1 Å². The zero-order valence-electron chi connectivity index (χ0n) is 17.5. The van der Waals surface area contributed by atoms with Gasteiger partial charge in [-0.05, 0) is 45.4 Å². The van der Waals surface area contributed by atoms with Gasteiger partial charge in [-0.1, -0.05) is 47.7 Å². The molecule has 4 aromatic rings. The van der Waals surface area contributed by atoms with Crippen LogP contribution in [0.1, 0.15) is 31.0 Å². The molecule has 4 rings (SSSR count). The van der Waals surface area contributed by atoms with Gasteiger partial charge in [-0.3, -0.25) is 9.36 Å². The van der Waals surface area contributed by atoms with E-state index in [9.17, 15) is 4.79 Å². The molecule has 0 saturated heterocycles. The van der Waals surface area contributed by atoms with Crippen molar-refractivity contribution in [3.05, 3.63) is 59.0 Å². The Morgan fingerprint density at radius 3 is 2.73 bits per heavy atom. The van der Waals surface area contributed by atoms with Crippen LogP contribution in [0.25, 0.3) is 21.5 Å². The number of hydrogen-bond donors (Lipinski definition) is 1. The van der Waals surface area contributed by atoms with E-state index in [1.165, 1.54) is 27.4 Å². The molecule has 0 saturated carbocycles. The zero-order chi connectivity index (χ0) is 21.3. The largest absolute Gasteiger partial charge is 0.325 e. The van der Waals surface area contributed by atoms with Crippen molar-refractivity contribution in [2.24, 2.45) is 0 Å². The first-order valence-corrected chi connectivity index (χ1v) is 11.7. The van der Waals surface area contributed by atoms with E-state index in [2.05, 4.69) is 57.5 Å². The minimum atomic E-state index is -0.0483. The number of nitrogens with zero attached hydrogens (tertiary/aromatic N) is 3. The minimum absolute atomic E-state index is 0.0483. The molecular weight excluding hydrogens is 412 g/mol. The van der Waals surface area contributed by atoms with Gasteiger partial charge in [0.1, 0.15) is 0 Å². The number of thioether (sulfide) groups is 1. The molecule has 0 aliphatic rings. The van der Waals surface area contributed by atoms with Gasteiger partial charge in [0.05, 0.1) is 5.75 Å². The molecule has 7 heteroatoms. The van der Waals surface area contributed by atoms with E-state index in [0.717, 1.165) is 27.8 Å². The van der Waals surface area contributed by atoms with Gasteiger partial charge >= 0.3 is 0 Å². The second-order valence-corrected chi connectivity index (χ2v) is 9.42. The van der Waals surface area contributed by atoms with Crippen LogP contribution in [-0.4, -0.2) is 26.4 Å². The third kappa shape index (κ3) is 4.13. The molecule has 0 atom stereocenters. The molecule has 1 amide bonds. The Kier molecular flexibility index (Phi) is 5.92. The van der Waals surface area contributed by atoms with Crippen LogP contribution in [0.5, 0.6) is 0 Å². The van der Waals surface area contributed by atoms with E-state index >= 15 is 0 Å². The molecule has 0 bridgehead atoms. The first-order valence-electron chi connectivity index (χ1n) is 9.85. The summed E-state index contributed by atoms with van der Waals surface area (Å²) in [5.41, 5.74) is 4.18. The van der Waals surface area contributed by atoms with E-state index in [0.29, 0.717) is 0 Å². The van der Waals surface area contributed by atoms with Gasteiger partial charge in [0, 0.05) is 32.8 Å². The molecule has 0 unspecified atom stereocenters. The second-order valence-electron chi connectivity index (χ2n) is 7.57. The lowest BCUT2D eigenvalue weighted by atomic mass is 10.1. The molecule has 0 radical (unpaired) electrons. The predicted octanol–water partition coefficient (Wildman–Crippen LogP) is 6.09. The molecule has 30 heavy (non-hydrogen) atoms. The third-order valence-corrected chi connectivity index (χ3v) is 6.80. The van der Waals surface area contributed by atoms with Crippen LogP contribution in [-0.2, 0) is 4.79 Å². The zero-order valence-corrected chi connectivity index (χ0v) is 19.1. The third-order valence-electron chi connectivity index (χ3n) is 4.89. The van der Waals surface area contributed by atoms with Crippen LogP contribution in [0.4, 0.5) is 5.69 Å². The summed E-state index contributed by atoms with van der Waals surface area (Å²) < 4.78 is 3.34. The smallest absolute Gasteiger partial charge is 0.234 e. The number of anilines is 1. The van der Waals surface area contributed by atoms with Gasteiger partial charge in [0.25, 0.3) is 0 Å². The summed E-state index contributed by atoms with van der Waals surface area (Å²) in [6.07, 6.45) is 0. The Balaban J connectivity index is 1.54. The van der Waals surface area contributed by atoms with Crippen LogP contribution in [0.3, 0.4) is 0 Å². The summed E-state index contributed by atoms with van der Waals surface area (Å²) in [4.78, 5) is 12.5. The highest BCUT2D eigenvalue weighted by molar-refractivity contribution is 7.99. The first-order chi connectivity index (χ1) is 14.4. The molecule has 1 N–H and O–H groups in total. The highest BCUT2D eigenvalue weighted by atomic mass is 32.2. The number of aryl methyl sites for hydroxylation is 2. The molecule has 2 heterocycles. The van der Waals surface area contributed by atoms with Crippen molar-refractivity contribution < 1.29 is 4.79 Å². The van der Waals surface area contributed by atoms with Crippen molar-refractivity contribution in [2.45, 2.75) is 38.9 Å². The number of rotatable bonds is 6. The molecule has 0 fully saturated rings. The van der Waals surface area contributed by atoms with Gasteiger partial charge < -0.3 is 5.32 Å². The summed E-state index contributed by atoms with van der Waals surface area (Å²) in [5.74, 6) is 1.08. The number of benzene rings is 2. The number of carbonyl (C=O) groups excluding carboxylic acids is 1. The summed E-state index contributed by atoms with van der Waals surface area (Å²) in [5, 5.41) is 16.0. The van der Waals surface area contributed by atoms with Crippen molar-refractivity contribution in [1.82, 2.24) is 14.8 Å². The van der Waals surface area contributed by atoms with Crippen LogP contribution >= 0.6 is 23.1 Å². The average molecular weight is 437 g/mol. The van der Waals surface area contributed by atoms with E-state index < -0.39 is 0 Å². The molecule has 154 valence electrons. The number of carbonyl (C=O) groups is 1. The standard InChI is InChI=1S/C23H24N4OS2/c1-14(2)27-22(18-12-29-20-8-6-5-7-17(18)20)25-26-23(27)30-13-21(28)24-19-10-9-15(3)11-16(19)4/h5-12,14H,13H2,1-4H3,(H,24,28). The van der Waals surface area contributed by atoms with E-state index in [-0.39, 0.29) is 17.7 Å². The molecule has 5 nitrogen and oxygen atoms in total. The fraction of sp³-hybridized carbons (Fsp3) is 0.261. The highest BCUT2D eigenvalue weighted by Crippen LogP contribution is 2.35. The van der Waals surface area contributed by atoms with Gasteiger partial charge in [-0.25, -0.2) is 0 Å². The van der Waals surface area contributed by atoms with Crippen LogP contribution in [0.15, 0.2) is 53.0 Å². The normalized spacial score (nSPS) is 11.4. The van der Waals surface area contributed by atoms with Crippen LogP contribution in [0.2, 0.25) is 0 Å². The number of nitrogens with one attached hydrogen (secondary N) is 1. The monoisotopic (exact) mass is 436 g/mol. The lowest BCUT2D eigenvalue weighted by molar-refractivity contribution is -0.113. The molecule has 2 aromatic heterocycles. The second kappa shape index (κ2) is 8.62. The van der Waals surface area contributed by atoms with Crippen LogP contribution in [0, 0.1) is 13.8 Å². The number of thiophene rings is 1. The van der Waals surface area contributed by atoms with Crippen LogP contribution < -0.4 is 5.32 Å². The summed E-state index contributed by atoms with van der Waals surface area (Å²) in [6.45, 7) is 8.27. The molecule has 2 aromatic carbocycles. The van der Waals surface area contributed by atoms with Crippen molar-refractivity contribution in [3.8, 4) is 11.4 Å². The van der Waals surface area contributed by atoms with Gasteiger partial charge in [-0.15, -0.1) is 21.5 Å². The maximum absolute atomic E-state index is 12.5. The number of amides is 1. The Morgan fingerprint density at radius 2 is 1.97 bits per heavy atom. The average Bonchev–Trinajstić information content (AvgIpc) is 3.32. The van der Waals surface area contributed by atoms with Crippen molar-refractivity contribution in [1.29, 1.82) is 0 Å². The Labute approximate surface area is 184 Å². The van der Waals surface area contributed by atoms with E-state index in [1.807, 2.05) is 38.1 Å². The topological polar surface area (TPSA) is 59.8 Å². The van der Waals surface area contributed by atoms with Gasteiger partial charge in [0.2, 0.25) is 5.91 Å². The lowest BCUT2D eigenvalue weighted by Crippen LogP contribution is -2.15.